The van der Waals surface area contributed by atoms with Gasteiger partial charge >= 0.3 is 0 Å². The minimum atomic E-state index is 0.518. The van der Waals surface area contributed by atoms with E-state index in [0.717, 1.165) is 37.6 Å². The van der Waals surface area contributed by atoms with Crippen LogP contribution in [-0.2, 0) is 11.2 Å². The predicted octanol–water partition coefficient (Wildman–Crippen LogP) is 3.45. The molecule has 2 heterocycles. The molecular formula is C14H18N2OS. The highest BCUT2D eigenvalue weighted by Gasteiger charge is 2.15. The fourth-order valence-electron chi connectivity index (χ4n) is 2.37. The number of aryl methyl sites for hydroxylation is 1. The molecule has 0 saturated carbocycles. The minimum Gasteiger partial charge on any atom is -0.381 e. The number of hydrogen-bond donors (Lipinski definition) is 1. The summed E-state index contributed by atoms with van der Waals surface area (Å²) in [6, 6.07) is 6.96. The minimum absolute atomic E-state index is 0.518. The van der Waals surface area contributed by atoms with Crippen LogP contribution in [0.1, 0.15) is 25.3 Å². The first-order valence-electron chi connectivity index (χ1n) is 6.59. The van der Waals surface area contributed by atoms with E-state index < -0.39 is 0 Å². The highest BCUT2D eigenvalue weighted by molar-refractivity contribution is 7.22. The lowest BCUT2D eigenvalue weighted by Crippen LogP contribution is -2.27. The van der Waals surface area contributed by atoms with Crippen LogP contribution in [0.15, 0.2) is 18.2 Å². The molecule has 1 saturated heterocycles. The number of thiazole rings is 1. The van der Waals surface area contributed by atoms with Gasteiger partial charge in [0.1, 0.15) is 0 Å². The van der Waals surface area contributed by atoms with Gasteiger partial charge in [0, 0.05) is 19.3 Å². The zero-order valence-electron chi connectivity index (χ0n) is 10.6. The van der Waals surface area contributed by atoms with Gasteiger partial charge in [0.15, 0.2) is 5.13 Å². The summed E-state index contributed by atoms with van der Waals surface area (Å²) in [5.41, 5.74) is 2.50. The lowest BCUT2D eigenvalue weighted by molar-refractivity contribution is 0.0904. The average molecular weight is 262 g/mol. The number of nitrogens with zero attached hydrogens (tertiary/aromatic N) is 1. The Bertz CT molecular complexity index is 532. The van der Waals surface area contributed by atoms with Gasteiger partial charge in [0.25, 0.3) is 0 Å². The predicted molar refractivity (Wildman–Crippen MR) is 76.5 cm³/mol. The van der Waals surface area contributed by atoms with Crippen LogP contribution in [0.2, 0.25) is 0 Å². The summed E-state index contributed by atoms with van der Waals surface area (Å²) < 4.78 is 6.66. The topological polar surface area (TPSA) is 34.1 Å². The molecule has 0 amide bonds. The summed E-state index contributed by atoms with van der Waals surface area (Å²) in [4.78, 5) is 4.74. The van der Waals surface area contributed by atoms with Crippen molar-refractivity contribution >= 4 is 26.7 Å². The highest BCUT2D eigenvalue weighted by atomic mass is 32.1. The molecule has 0 unspecified atom stereocenters. The van der Waals surface area contributed by atoms with Crippen LogP contribution in [0.4, 0.5) is 5.13 Å². The molecule has 1 aliphatic heterocycles. The Morgan fingerprint density at radius 1 is 1.39 bits per heavy atom. The molecule has 1 fully saturated rings. The van der Waals surface area contributed by atoms with Gasteiger partial charge in [-0.25, -0.2) is 4.98 Å². The summed E-state index contributed by atoms with van der Waals surface area (Å²) in [6.07, 6.45) is 3.20. The van der Waals surface area contributed by atoms with Gasteiger partial charge in [-0.2, -0.15) is 0 Å². The Hall–Kier alpha value is -1.13. The van der Waals surface area contributed by atoms with E-state index in [1.165, 1.54) is 15.8 Å². The number of aromatic nitrogens is 1. The standard InChI is InChI=1S/C14H18N2OS/c1-2-10-4-3-5-12-13(10)16-14(18-12)15-11-6-8-17-9-7-11/h3-5,11H,2,6-9H2,1H3,(H,15,16). The first-order valence-corrected chi connectivity index (χ1v) is 7.41. The number of hydrogen-bond acceptors (Lipinski definition) is 4. The lowest BCUT2D eigenvalue weighted by atomic mass is 10.1. The van der Waals surface area contributed by atoms with E-state index in [-0.39, 0.29) is 0 Å². The maximum absolute atomic E-state index is 5.38. The molecule has 1 aromatic heterocycles. The van der Waals surface area contributed by atoms with Gasteiger partial charge in [-0.15, -0.1) is 0 Å². The molecule has 96 valence electrons. The molecule has 1 aromatic carbocycles. The van der Waals surface area contributed by atoms with Crippen molar-refractivity contribution in [1.82, 2.24) is 4.98 Å². The van der Waals surface area contributed by atoms with Crippen molar-refractivity contribution in [1.29, 1.82) is 0 Å². The van der Waals surface area contributed by atoms with Crippen molar-refractivity contribution in [2.75, 3.05) is 18.5 Å². The molecule has 0 aliphatic carbocycles. The Labute approximate surface area is 111 Å². The Kier molecular flexibility index (Phi) is 3.48. The van der Waals surface area contributed by atoms with Gasteiger partial charge in [-0.3, -0.25) is 0 Å². The number of ether oxygens (including phenoxy) is 1. The second kappa shape index (κ2) is 5.24. The van der Waals surface area contributed by atoms with Crippen molar-refractivity contribution in [2.45, 2.75) is 32.2 Å². The maximum Gasteiger partial charge on any atom is 0.184 e. The average Bonchev–Trinajstić information content (AvgIpc) is 2.82. The van der Waals surface area contributed by atoms with Gasteiger partial charge in [0.05, 0.1) is 10.2 Å². The van der Waals surface area contributed by atoms with Gasteiger partial charge in [0.2, 0.25) is 0 Å². The Morgan fingerprint density at radius 3 is 3.00 bits per heavy atom. The smallest absolute Gasteiger partial charge is 0.184 e. The first-order chi connectivity index (χ1) is 8.86. The molecule has 3 nitrogen and oxygen atoms in total. The molecular weight excluding hydrogens is 244 g/mol. The summed E-state index contributed by atoms with van der Waals surface area (Å²) in [5.74, 6) is 0. The zero-order chi connectivity index (χ0) is 12.4. The number of rotatable bonds is 3. The van der Waals surface area contributed by atoms with Crippen molar-refractivity contribution < 1.29 is 4.74 Å². The van der Waals surface area contributed by atoms with Crippen LogP contribution in [0.3, 0.4) is 0 Å². The maximum atomic E-state index is 5.38. The van der Waals surface area contributed by atoms with Crippen molar-refractivity contribution in [3.63, 3.8) is 0 Å². The molecule has 2 aromatic rings. The number of anilines is 1. The van der Waals surface area contributed by atoms with Gasteiger partial charge in [-0.05, 0) is 30.9 Å². The lowest BCUT2D eigenvalue weighted by Gasteiger charge is -2.22. The van der Waals surface area contributed by atoms with E-state index in [9.17, 15) is 0 Å². The number of fused-ring (bicyclic) bond motifs is 1. The first kappa shape index (κ1) is 11.9. The molecule has 0 radical (unpaired) electrons. The van der Waals surface area contributed by atoms with E-state index in [0.29, 0.717) is 6.04 Å². The highest BCUT2D eigenvalue weighted by Crippen LogP contribution is 2.29. The molecule has 3 rings (SSSR count). The van der Waals surface area contributed by atoms with E-state index in [2.05, 4.69) is 30.4 Å². The largest absolute Gasteiger partial charge is 0.381 e. The summed E-state index contributed by atoms with van der Waals surface area (Å²) >= 11 is 1.76. The van der Waals surface area contributed by atoms with Crippen molar-refractivity contribution in [3.8, 4) is 0 Å². The third kappa shape index (κ3) is 2.35. The second-order valence-corrected chi connectivity index (χ2v) is 5.70. The Balaban J connectivity index is 1.84. The van der Waals surface area contributed by atoms with E-state index >= 15 is 0 Å². The fourth-order valence-corrected chi connectivity index (χ4v) is 3.36. The summed E-state index contributed by atoms with van der Waals surface area (Å²) in [7, 11) is 0. The fraction of sp³-hybridized carbons (Fsp3) is 0.500. The van der Waals surface area contributed by atoms with Crippen LogP contribution in [0, 0.1) is 0 Å². The molecule has 1 N–H and O–H groups in total. The van der Waals surface area contributed by atoms with Gasteiger partial charge in [-0.1, -0.05) is 30.4 Å². The normalized spacial score (nSPS) is 17.2. The molecule has 4 heteroatoms. The molecule has 1 aliphatic rings. The summed E-state index contributed by atoms with van der Waals surface area (Å²) in [6.45, 7) is 3.91. The van der Waals surface area contributed by atoms with E-state index in [4.69, 9.17) is 9.72 Å². The Morgan fingerprint density at radius 2 is 2.22 bits per heavy atom. The number of para-hydroxylation sites is 1. The molecule has 18 heavy (non-hydrogen) atoms. The zero-order valence-corrected chi connectivity index (χ0v) is 11.4. The summed E-state index contributed by atoms with van der Waals surface area (Å²) in [5, 5.41) is 4.60. The number of benzene rings is 1. The molecule has 0 atom stereocenters. The molecule has 0 bridgehead atoms. The molecule has 0 spiro atoms. The van der Waals surface area contributed by atoms with Crippen LogP contribution in [0.5, 0.6) is 0 Å². The second-order valence-electron chi connectivity index (χ2n) is 4.67. The van der Waals surface area contributed by atoms with Crippen LogP contribution in [0.25, 0.3) is 10.2 Å². The van der Waals surface area contributed by atoms with Gasteiger partial charge < -0.3 is 10.1 Å². The number of nitrogens with one attached hydrogen (secondary N) is 1. The monoisotopic (exact) mass is 262 g/mol. The van der Waals surface area contributed by atoms with Crippen molar-refractivity contribution in [2.24, 2.45) is 0 Å². The quantitative estimate of drug-likeness (QED) is 0.920. The third-order valence-electron chi connectivity index (χ3n) is 3.43. The van der Waals surface area contributed by atoms with E-state index in [1.807, 2.05) is 0 Å². The van der Waals surface area contributed by atoms with Crippen LogP contribution >= 0.6 is 11.3 Å². The van der Waals surface area contributed by atoms with Crippen molar-refractivity contribution in [3.05, 3.63) is 23.8 Å². The SMILES string of the molecule is CCc1cccc2sc(NC3CCOCC3)nc12. The third-order valence-corrected chi connectivity index (χ3v) is 4.38. The van der Waals surface area contributed by atoms with E-state index in [1.54, 1.807) is 11.3 Å². The van der Waals surface area contributed by atoms with Crippen LogP contribution < -0.4 is 5.32 Å². The van der Waals surface area contributed by atoms with Crippen LogP contribution in [-0.4, -0.2) is 24.2 Å².